The molecule has 18 heavy (non-hydrogen) atoms. The molecule has 2 nitrogen and oxygen atoms in total. The fourth-order valence-electron chi connectivity index (χ4n) is 2.35. The van der Waals surface area contributed by atoms with Gasteiger partial charge in [0.25, 0.3) is 0 Å². The van der Waals surface area contributed by atoms with E-state index in [1.54, 1.807) is 0 Å². The minimum atomic E-state index is -0.280. The fourth-order valence-corrected chi connectivity index (χ4v) is 2.35. The van der Waals surface area contributed by atoms with Gasteiger partial charge in [-0.05, 0) is 43.0 Å². The van der Waals surface area contributed by atoms with E-state index in [0.29, 0.717) is 5.58 Å². The highest BCUT2D eigenvalue weighted by atomic mass is 16.4. The smallest absolute Gasteiger partial charge is 0.336 e. The van der Waals surface area contributed by atoms with E-state index in [2.05, 4.69) is 19.9 Å². The molecule has 2 rings (SSSR count). The second kappa shape index (κ2) is 5.85. The molecule has 0 aliphatic carbocycles. The molecule has 0 saturated heterocycles. The normalized spacial score (nSPS) is 11.0. The van der Waals surface area contributed by atoms with Crippen LogP contribution in [0, 0.1) is 6.92 Å². The number of benzene rings is 1. The summed E-state index contributed by atoms with van der Waals surface area (Å²) in [5.41, 5.74) is 3.02. The molecule has 1 aromatic heterocycles. The third kappa shape index (κ3) is 2.81. The molecule has 96 valence electrons. The maximum absolute atomic E-state index is 11.2. The van der Waals surface area contributed by atoms with E-state index in [0.717, 1.165) is 11.8 Å². The van der Waals surface area contributed by atoms with Crippen LogP contribution in [0.5, 0.6) is 0 Å². The SMILES string of the molecule is CCCCCCc1ccc2oc(=O)ccc2c1C. The molecule has 2 aromatic rings. The Balaban J connectivity index is 2.22. The molecular weight excluding hydrogens is 224 g/mol. The molecule has 0 N–H and O–H groups in total. The lowest BCUT2D eigenvalue weighted by atomic mass is 9.99. The monoisotopic (exact) mass is 244 g/mol. The zero-order valence-corrected chi connectivity index (χ0v) is 11.2. The third-order valence-corrected chi connectivity index (χ3v) is 3.48. The van der Waals surface area contributed by atoms with Crippen molar-refractivity contribution in [3.63, 3.8) is 0 Å². The van der Waals surface area contributed by atoms with Gasteiger partial charge in [0, 0.05) is 11.5 Å². The van der Waals surface area contributed by atoms with Crippen molar-refractivity contribution in [3.05, 3.63) is 45.8 Å². The van der Waals surface area contributed by atoms with E-state index in [1.165, 1.54) is 42.9 Å². The van der Waals surface area contributed by atoms with Gasteiger partial charge in [-0.15, -0.1) is 0 Å². The highest BCUT2D eigenvalue weighted by Crippen LogP contribution is 2.22. The van der Waals surface area contributed by atoms with Gasteiger partial charge in [0.1, 0.15) is 5.58 Å². The summed E-state index contributed by atoms with van der Waals surface area (Å²) < 4.78 is 5.18. The fraction of sp³-hybridized carbons (Fsp3) is 0.438. The van der Waals surface area contributed by atoms with Crippen LogP contribution in [0.25, 0.3) is 11.0 Å². The topological polar surface area (TPSA) is 30.2 Å². The third-order valence-electron chi connectivity index (χ3n) is 3.48. The van der Waals surface area contributed by atoms with Crippen molar-refractivity contribution in [3.8, 4) is 0 Å². The van der Waals surface area contributed by atoms with Crippen LogP contribution in [0.15, 0.2) is 33.5 Å². The van der Waals surface area contributed by atoms with Gasteiger partial charge < -0.3 is 4.42 Å². The van der Waals surface area contributed by atoms with Gasteiger partial charge in [-0.2, -0.15) is 0 Å². The number of hydrogen-bond donors (Lipinski definition) is 0. The Morgan fingerprint density at radius 3 is 2.67 bits per heavy atom. The first kappa shape index (κ1) is 12.9. The van der Waals surface area contributed by atoms with Crippen molar-refractivity contribution in [1.82, 2.24) is 0 Å². The predicted molar refractivity (Wildman–Crippen MR) is 75.1 cm³/mol. The largest absolute Gasteiger partial charge is 0.423 e. The molecule has 0 fully saturated rings. The zero-order chi connectivity index (χ0) is 13.0. The summed E-state index contributed by atoms with van der Waals surface area (Å²) in [6, 6.07) is 7.37. The van der Waals surface area contributed by atoms with E-state index in [-0.39, 0.29) is 5.63 Å². The van der Waals surface area contributed by atoms with Gasteiger partial charge in [-0.25, -0.2) is 4.79 Å². The number of rotatable bonds is 5. The van der Waals surface area contributed by atoms with Gasteiger partial charge in [0.15, 0.2) is 0 Å². The Morgan fingerprint density at radius 1 is 1.06 bits per heavy atom. The lowest BCUT2D eigenvalue weighted by molar-refractivity contribution is 0.560. The van der Waals surface area contributed by atoms with Crippen LogP contribution in [0.1, 0.15) is 43.7 Å². The quantitative estimate of drug-likeness (QED) is 0.582. The first-order valence-electron chi connectivity index (χ1n) is 6.74. The summed E-state index contributed by atoms with van der Waals surface area (Å²) in [5, 5.41) is 1.06. The van der Waals surface area contributed by atoms with Crippen molar-refractivity contribution in [2.24, 2.45) is 0 Å². The average Bonchev–Trinajstić information content (AvgIpc) is 2.37. The number of aryl methyl sites for hydroxylation is 2. The van der Waals surface area contributed by atoms with E-state index in [9.17, 15) is 4.79 Å². The average molecular weight is 244 g/mol. The van der Waals surface area contributed by atoms with Gasteiger partial charge in [-0.1, -0.05) is 32.3 Å². The van der Waals surface area contributed by atoms with Crippen LogP contribution in [0.3, 0.4) is 0 Å². The maximum atomic E-state index is 11.2. The Labute approximate surface area is 108 Å². The Bertz CT molecular complexity index is 581. The molecule has 0 bridgehead atoms. The van der Waals surface area contributed by atoms with Crippen LogP contribution >= 0.6 is 0 Å². The van der Waals surface area contributed by atoms with E-state index < -0.39 is 0 Å². The molecule has 0 spiro atoms. The number of fused-ring (bicyclic) bond motifs is 1. The summed E-state index contributed by atoms with van der Waals surface area (Å²) in [4.78, 5) is 11.2. The van der Waals surface area contributed by atoms with Crippen molar-refractivity contribution >= 4 is 11.0 Å². The van der Waals surface area contributed by atoms with Crippen molar-refractivity contribution in [2.45, 2.75) is 46.0 Å². The molecule has 1 heterocycles. The van der Waals surface area contributed by atoms with Crippen molar-refractivity contribution in [2.75, 3.05) is 0 Å². The lowest BCUT2D eigenvalue weighted by Gasteiger charge is -2.08. The molecule has 0 saturated carbocycles. The summed E-state index contributed by atoms with van der Waals surface area (Å²) in [6.07, 6.45) is 6.21. The standard InChI is InChI=1S/C16H20O2/c1-3-4-5-6-7-13-8-10-15-14(12(13)2)9-11-16(17)18-15/h8-11H,3-7H2,1-2H3. The highest BCUT2D eigenvalue weighted by molar-refractivity contribution is 5.81. The van der Waals surface area contributed by atoms with Crippen LogP contribution < -0.4 is 5.63 Å². The molecule has 0 radical (unpaired) electrons. The molecule has 0 aliphatic heterocycles. The van der Waals surface area contributed by atoms with Crippen molar-refractivity contribution < 1.29 is 4.42 Å². The molecule has 0 unspecified atom stereocenters. The molecule has 0 atom stereocenters. The second-order valence-corrected chi connectivity index (χ2v) is 4.83. The Hall–Kier alpha value is -1.57. The Kier molecular flexibility index (Phi) is 4.19. The molecular formula is C16H20O2. The van der Waals surface area contributed by atoms with E-state index >= 15 is 0 Å². The first-order chi connectivity index (χ1) is 8.72. The summed E-state index contributed by atoms with van der Waals surface area (Å²) in [6.45, 7) is 4.33. The predicted octanol–water partition coefficient (Wildman–Crippen LogP) is 4.22. The zero-order valence-electron chi connectivity index (χ0n) is 11.2. The van der Waals surface area contributed by atoms with E-state index in [4.69, 9.17) is 4.42 Å². The van der Waals surface area contributed by atoms with Crippen LogP contribution in [0.2, 0.25) is 0 Å². The van der Waals surface area contributed by atoms with Crippen molar-refractivity contribution in [1.29, 1.82) is 0 Å². The van der Waals surface area contributed by atoms with Gasteiger partial charge in [-0.3, -0.25) is 0 Å². The van der Waals surface area contributed by atoms with Crippen LogP contribution in [0.4, 0.5) is 0 Å². The summed E-state index contributed by atoms with van der Waals surface area (Å²) in [5.74, 6) is 0. The van der Waals surface area contributed by atoms with E-state index in [1.807, 2.05) is 12.1 Å². The molecule has 2 heteroatoms. The van der Waals surface area contributed by atoms with Crippen LogP contribution in [-0.4, -0.2) is 0 Å². The summed E-state index contributed by atoms with van der Waals surface area (Å²) >= 11 is 0. The Morgan fingerprint density at radius 2 is 1.89 bits per heavy atom. The second-order valence-electron chi connectivity index (χ2n) is 4.83. The van der Waals surface area contributed by atoms with Gasteiger partial charge in [0.2, 0.25) is 0 Å². The maximum Gasteiger partial charge on any atom is 0.336 e. The number of hydrogen-bond acceptors (Lipinski definition) is 2. The summed E-state index contributed by atoms with van der Waals surface area (Å²) in [7, 11) is 0. The molecule has 1 aromatic carbocycles. The molecule has 0 amide bonds. The van der Waals surface area contributed by atoms with Gasteiger partial charge in [0.05, 0.1) is 0 Å². The lowest BCUT2D eigenvalue weighted by Crippen LogP contribution is -1.97. The van der Waals surface area contributed by atoms with Crippen LogP contribution in [-0.2, 0) is 6.42 Å². The minimum absolute atomic E-state index is 0.280. The van der Waals surface area contributed by atoms with Gasteiger partial charge >= 0.3 is 5.63 Å². The number of unbranched alkanes of at least 4 members (excludes halogenated alkanes) is 3. The molecule has 0 aliphatic rings. The minimum Gasteiger partial charge on any atom is -0.423 e. The first-order valence-corrected chi connectivity index (χ1v) is 6.74. The highest BCUT2D eigenvalue weighted by Gasteiger charge is 2.05.